The number of unbranched alkanes of at least 4 members (excludes halogenated alkanes) is 5. The number of rotatable bonds is 17. The molecular weight excluding hydrogens is 700 g/mol. The molecule has 0 bridgehead atoms. The van der Waals surface area contributed by atoms with E-state index in [0.29, 0.717) is 22.6 Å². The summed E-state index contributed by atoms with van der Waals surface area (Å²) in [5.74, 6) is -1.50. The van der Waals surface area contributed by atoms with Crippen molar-refractivity contribution >= 4 is 36.3 Å². The van der Waals surface area contributed by atoms with Crippen LogP contribution in [0.25, 0.3) is 0 Å². The van der Waals surface area contributed by atoms with Gasteiger partial charge in [0.2, 0.25) is 0 Å². The Labute approximate surface area is 323 Å². The Morgan fingerprint density at radius 3 is 0.889 bits per heavy atom. The molecule has 14 nitrogen and oxygen atoms in total. The van der Waals surface area contributed by atoms with Gasteiger partial charge in [-0.15, -0.1) is 0 Å². The number of carbonyl (C=O) groups excluding carboxylic acids is 6. The van der Waals surface area contributed by atoms with Gasteiger partial charge in [0.15, 0.2) is 0 Å². The minimum Gasteiger partial charge on any atom is -0.467 e. The van der Waals surface area contributed by atoms with Crippen LogP contribution in [0.15, 0.2) is 24.3 Å². The van der Waals surface area contributed by atoms with Crippen LogP contribution in [0, 0.1) is 0 Å². The van der Waals surface area contributed by atoms with Gasteiger partial charge in [-0.2, -0.15) is 9.80 Å². The second kappa shape index (κ2) is 23.0. The maximum Gasteiger partial charge on any atom is 0.420 e. The molecule has 4 amide bonds. The summed E-state index contributed by atoms with van der Waals surface area (Å²) in [6.45, 7) is 20.0. The molecule has 0 aromatic heterocycles. The van der Waals surface area contributed by atoms with Gasteiger partial charge in [0.1, 0.15) is 34.5 Å². The van der Waals surface area contributed by atoms with E-state index in [1.54, 1.807) is 83.1 Å². The molecule has 0 aliphatic heterocycles. The average molecular weight is 769 g/mol. The molecule has 0 aliphatic rings. The number of allylic oxidation sites excluding steroid dienone is 4. The Balaban J connectivity index is 5.05. The molecule has 0 heterocycles. The highest BCUT2D eigenvalue weighted by molar-refractivity contribution is 5.95. The average Bonchev–Trinajstić information content (AvgIpc) is 2.99. The molecule has 14 heteroatoms. The molecule has 0 N–H and O–H groups in total. The van der Waals surface area contributed by atoms with Crippen molar-refractivity contribution in [1.82, 2.24) is 9.80 Å². The molecule has 0 saturated carbocycles. The van der Waals surface area contributed by atoms with Gasteiger partial charge in [0.25, 0.3) is 0 Å². The van der Waals surface area contributed by atoms with E-state index in [2.05, 4.69) is 0 Å². The molecule has 0 aliphatic carbocycles. The molecule has 0 aromatic rings. The van der Waals surface area contributed by atoms with Crippen LogP contribution in [0.2, 0.25) is 0 Å². The van der Waals surface area contributed by atoms with Gasteiger partial charge in [-0.25, -0.2) is 28.8 Å². The van der Waals surface area contributed by atoms with Crippen LogP contribution < -0.4 is 0 Å². The van der Waals surface area contributed by atoms with E-state index in [-0.39, 0.29) is 12.8 Å². The normalized spacial score (nSPS) is 13.5. The number of nitrogens with zero attached hydrogens (tertiary/aromatic N) is 2. The molecular formula is C40H68N2O12. The summed E-state index contributed by atoms with van der Waals surface area (Å²) in [4.78, 5) is 78.9. The summed E-state index contributed by atoms with van der Waals surface area (Å²) in [5.41, 5.74) is -3.61. The van der Waals surface area contributed by atoms with Gasteiger partial charge in [-0.1, -0.05) is 37.1 Å². The van der Waals surface area contributed by atoms with Gasteiger partial charge >= 0.3 is 36.3 Å². The highest BCUT2D eigenvalue weighted by atomic mass is 16.6. The molecule has 0 fully saturated rings. The van der Waals surface area contributed by atoms with Crippen molar-refractivity contribution in [2.45, 2.75) is 182 Å². The predicted octanol–water partition coefficient (Wildman–Crippen LogP) is 9.43. The summed E-state index contributed by atoms with van der Waals surface area (Å²) in [6.07, 6.45) is 10.5. The van der Waals surface area contributed by atoms with E-state index in [9.17, 15) is 28.8 Å². The van der Waals surface area contributed by atoms with Crippen LogP contribution in [-0.4, -0.2) is 94.8 Å². The maximum absolute atomic E-state index is 13.0. The van der Waals surface area contributed by atoms with Crippen molar-refractivity contribution in [1.29, 1.82) is 0 Å². The molecule has 0 aromatic carbocycles. The number of ether oxygens (including phenoxy) is 6. The monoisotopic (exact) mass is 768 g/mol. The van der Waals surface area contributed by atoms with Gasteiger partial charge in [-0.05, 0) is 134 Å². The van der Waals surface area contributed by atoms with E-state index >= 15 is 0 Å². The lowest BCUT2D eigenvalue weighted by Gasteiger charge is -2.32. The van der Waals surface area contributed by atoms with Crippen LogP contribution >= 0.6 is 0 Å². The second-order valence-corrected chi connectivity index (χ2v) is 16.8. The van der Waals surface area contributed by atoms with E-state index < -0.39 is 70.8 Å². The molecule has 0 spiro atoms. The van der Waals surface area contributed by atoms with E-state index in [4.69, 9.17) is 28.4 Å². The van der Waals surface area contributed by atoms with Crippen LogP contribution in [0.1, 0.15) is 147 Å². The standard InChI is InChI=1S/C40H68N2O12/c1-37(2,3)51-33(45)41(34(46)52-38(4,5)6)29(31(43)49-13)27-25-23-21-19-17-15-16-18-20-22-24-26-28-30(32(44)50-14)42(35(47)53-39(7,8)9)36(48)54-40(10,11)12/h21-24,29-30H,15-20,25-28H2,1-14H3/b23-21-,24-22-/t29-,30-/m0/s1. The van der Waals surface area contributed by atoms with Gasteiger partial charge in [0, 0.05) is 0 Å². The fraction of sp³-hybridized carbons (Fsp3) is 0.750. The van der Waals surface area contributed by atoms with Crippen molar-refractivity contribution < 1.29 is 57.2 Å². The van der Waals surface area contributed by atoms with Crippen LogP contribution in [0.5, 0.6) is 0 Å². The van der Waals surface area contributed by atoms with Crippen molar-refractivity contribution in [2.24, 2.45) is 0 Å². The highest BCUT2D eigenvalue weighted by Crippen LogP contribution is 2.22. The topological polar surface area (TPSA) is 164 Å². The molecule has 0 rings (SSSR count). The SMILES string of the molecule is COC(=O)[C@H](CC/C=C\CCCCCC/C=C\CC[C@@H](C(=O)OC)N(C(=O)OC(C)(C)C)C(=O)OC(C)(C)C)N(C(=O)OC(C)(C)C)C(=O)OC(C)(C)C. The lowest BCUT2D eigenvalue weighted by Crippen LogP contribution is -2.52. The number of esters is 2. The molecule has 0 saturated heterocycles. The Hall–Kier alpha value is -4.10. The summed E-state index contributed by atoms with van der Waals surface area (Å²) < 4.78 is 31.5. The molecule has 0 unspecified atom stereocenters. The zero-order chi connectivity index (χ0) is 41.9. The third-order valence-electron chi connectivity index (χ3n) is 6.97. The highest BCUT2D eigenvalue weighted by Gasteiger charge is 2.42. The zero-order valence-corrected chi connectivity index (χ0v) is 35.3. The first-order valence-electron chi connectivity index (χ1n) is 18.7. The molecule has 310 valence electrons. The fourth-order valence-corrected chi connectivity index (χ4v) is 4.74. The van der Waals surface area contributed by atoms with Crippen molar-refractivity contribution in [3.63, 3.8) is 0 Å². The molecule has 54 heavy (non-hydrogen) atoms. The summed E-state index contributed by atoms with van der Waals surface area (Å²) in [7, 11) is 2.39. The first-order chi connectivity index (χ1) is 24.7. The maximum atomic E-state index is 13.0. The van der Waals surface area contributed by atoms with Gasteiger partial charge in [-0.3, -0.25) is 0 Å². The third-order valence-corrected chi connectivity index (χ3v) is 6.97. The minimum atomic E-state index is -1.22. The van der Waals surface area contributed by atoms with Gasteiger partial charge < -0.3 is 28.4 Å². The first-order valence-corrected chi connectivity index (χ1v) is 18.7. The van der Waals surface area contributed by atoms with Crippen molar-refractivity contribution in [2.75, 3.05) is 14.2 Å². The Morgan fingerprint density at radius 2 is 0.667 bits per heavy atom. The molecule has 2 atom stereocenters. The minimum absolute atomic E-state index is 0.133. The number of hydrogen-bond donors (Lipinski definition) is 0. The lowest BCUT2D eigenvalue weighted by atomic mass is 10.1. The number of amides is 4. The van der Waals surface area contributed by atoms with E-state index in [1.807, 2.05) is 24.3 Å². The Kier molecular flexibility index (Phi) is 21.2. The zero-order valence-electron chi connectivity index (χ0n) is 35.3. The lowest BCUT2D eigenvalue weighted by molar-refractivity contribution is -0.147. The number of carbonyl (C=O) groups is 6. The number of imide groups is 2. The van der Waals surface area contributed by atoms with Gasteiger partial charge in [0.05, 0.1) is 14.2 Å². The van der Waals surface area contributed by atoms with Crippen LogP contribution in [0.4, 0.5) is 19.2 Å². The van der Waals surface area contributed by atoms with E-state index in [0.717, 1.165) is 38.5 Å². The Morgan fingerprint density at radius 1 is 0.426 bits per heavy atom. The number of methoxy groups -OCH3 is 2. The van der Waals surface area contributed by atoms with Crippen molar-refractivity contribution in [3.05, 3.63) is 24.3 Å². The van der Waals surface area contributed by atoms with Crippen LogP contribution in [-0.2, 0) is 38.0 Å². The fourth-order valence-electron chi connectivity index (χ4n) is 4.74. The van der Waals surface area contributed by atoms with Crippen LogP contribution in [0.3, 0.4) is 0 Å². The first kappa shape index (κ1) is 49.9. The largest absolute Gasteiger partial charge is 0.467 e. The summed E-state index contributed by atoms with van der Waals surface area (Å²) in [5, 5.41) is 0. The second-order valence-electron chi connectivity index (χ2n) is 16.8. The van der Waals surface area contributed by atoms with Crippen molar-refractivity contribution in [3.8, 4) is 0 Å². The summed E-state index contributed by atoms with van der Waals surface area (Å²) >= 11 is 0. The third kappa shape index (κ3) is 22.2. The van der Waals surface area contributed by atoms with E-state index in [1.165, 1.54) is 14.2 Å². The predicted molar refractivity (Wildman–Crippen MR) is 205 cm³/mol. The quantitative estimate of drug-likeness (QED) is 0.0597. The number of hydrogen-bond acceptors (Lipinski definition) is 12. The summed E-state index contributed by atoms with van der Waals surface area (Å²) in [6, 6.07) is -2.45. The molecule has 0 radical (unpaired) electrons. The smallest absolute Gasteiger partial charge is 0.420 e. The Bertz CT molecular complexity index is 1130.